The fourth-order valence-electron chi connectivity index (χ4n) is 2.89. The maximum atomic E-state index is 6.02. The van der Waals surface area contributed by atoms with E-state index in [4.69, 9.17) is 9.72 Å². The summed E-state index contributed by atoms with van der Waals surface area (Å²) in [5.74, 6) is 0.946. The molecule has 1 aliphatic heterocycles. The number of hydrogen-bond acceptors (Lipinski definition) is 4. The largest absolute Gasteiger partial charge is 0.491 e. The first-order valence-corrected chi connectivity index (χ1v) is 8.93. The third-order valence-electron chi connectivity index (χ3n) is 4.03. The summed E-state index contributed by atoms with van der Waals surface area (Å²) in [5, 5.41) is 4.79. The van der Waals surface area contributed by atoms with Gasteiger partial charge in [0.25, 0.3) is 0 Å². The molecular weight excluding hydrogens is 280 g/mol. The minimum absolute atomic E-state index is 0.629. The van der Waals surface area contributed by atoms with E-state index in [0.717, 1.165) is 43.7 Å². The number of benzene rings is 1. The van der Waals surface area contributed by atoms with E-state index in [0.29, 0.717) is 6.04 Å². The van der Waals surface area contributed by atoms with Crippen LogP contribution in [0.3, 0.4) is 0 Å². The van der Waals surface area contributed by atoms with Gasteiger partial charge < -0.3 is 10.1 Å². The average Bonchev–Trinajstić information content (AvgIpc) is 2.92. The molecule has 1 aliphatic rings. The van der Waals surface area contributed by atoms with Crippen LogP contribution in [0, 0.1) is 0 Å². The van der Waals surface area contributed by atoms with Gasteiger partial charge in [-0.1, -0.05) is 19.4 Å². The smallest absolute Gasteiger partial charge is 0.146 e. The number of aromatic nitrogens is 1. The molecule has 2 heterocycles. The molecule has 1 aromatic carbocycles. The van der Waals surface area contributed by atoms with Gasteiger partial charge in [-0.3, -0.25) is 0 Å². The molecule has 1 fully saturated rings. The quantitative estimate of drug-likeness (QED) is 0.870. The first kappa shape index (κ1) is 14.8. The lowest BCUT2D eigenvalue weighted by Crippen LogP contribution is -2.35. The van der Waals surface area contributed by atoms with Crippen LogP contribution in [0.1, 0.15) is 44.0 Å². The fourth-order valence-corrected chi connectivity index (χ4v) is 3.97. The predicted octanol–water partition coefficient (Wildman–Crippen LogP) is 4.16. The highest BCUT2D eigenvalue weighted by Crippen LogP contribution is 2.30. The van der Waals surface area contributed by atoms with E-state index < -0.39 is 0 Å². The van der Waals surface area contributed by atoms with E-state index in [1.54, 1.807) is 11.3 Å². The number of para-hydroxylation sites is 1. The van der Waals surface area contributed by atoms with Gasteiger partial charge >= 0.3 is 0 Å². The molecule has 1 unspecified atom stereocenters. The van der Waals surface area contributed by atoms with Gasteiger partial charge in [0, 0.05) is 6.04 Å². The van der Waals surface area contributed by atoms with Crippen molar-refractivity contribution in [3.8, 4) is 5.75 Å². The molecule has 0 amide bonds. The number of rotatable bonds is 6. The van der Waals surface area contributed by atoms with Gasteiger partial charge in [0.05, 0.1) is 16.3 Å². The molecule has 0 bridgehead atoms. The van der Waals surface area contributed by atoms with Crippen molar-refractivity contribution in [1.29, 1.82) is 0 Å². The zero-order valence-electron chi connectivity index (χ0n) is 12.7. The third-order valence-corrected chi connectivity index (χ3v) is 5.11. The van der Waals surface area contributed by atoms with E-state index in [1.807, 2.05) is 6.07 Å². The van der Waals surface area contributed by atoms with Crippen molar-refractivity contribution >= 4 is 21.6 Å². The van der Waals surface area contributed by atoms with Crippen LogP contribution < -0.4 is 10.1 Å². The van der Waals surface area contributed by atoms with Crippen molar-refractivity contribution < 1.29 is 4.74 Å². The molecule has 0 spiro atoms. The second kappa shape index (κ2) is 7.23. The Labute approximate surface area is 130 Å². The minimum Gasteiger partial charge on any atom is -0.491 e. The van der Waals surface area contributed by atoms with Gasteiger partial charge in [-0.25, -0.2) is 4.98 Å². The van der Waals surface area contributed by atoms with Crippen LogP contribution in [0.4, 0.5) is 0 Å². The Hall–Kier alpha value is -1.13. The van der Waals surface area contributed by atoms with Gasteiger partial charge in [-0.2, -0.15) is 0 Å². The van der Waals surface area contributed by atoms with Crippen molar-refractivity contribution in [1.82, 2.24) is 10.3 Å². The van der Waals surface area contributed by atoms with Gasteiger partial charge in [0.2, 0.25) is 0 Å². The summed E-state index contributed by atoms with van der Waals surface area (Å²) in [5.41, 5.74) is 1.04. The van der Waals surface area contributed by atoms with Crippen molar-refractivity contribution in [2.24, 2.45) is 0 Å². The van der Waals surface area contributed by atoms with Crippen LogP contribution in [0.25, 0.3) is 10.2 Å². The van der Waals surface area contributed by atoms with E-state index in [1.165, 1.54) is 29.0 Å². The fraction of sp³-hybridized carbons (Fsp3) is 0.588. The number of thiazole rings is 1. The van der Waals surface area contributed by atoms with Crippen molar-refractivity contribution in [3.63, 3.8) is 0 Å². The lowest BCUT2D eigenvalue weighted by Gasteiger charge is -2.23. The Balaban J connectivity index is 1.62. The first-order valence-electron chi connectivity index (χ1n) is 8.11. The van der Waals surface area contributed by atoms with Crippen LogP contribution in [0.15, 0.2) is 18.2 Å². The van der Waals surface area contributed by atoms with Crippen molar-refractivity contribution in [3.05, 3.63) is 23.2 Å². The number of fused-ring (bicyclic) bond motifs is 1. The second-order valence-corrected chi connectivity index (χ2v) is 6.86. The molecule has 2 aromatic rings. The lowest BCUT2D eigenvalue weighted by atomic mass is 10.0. The zero-order valence-corrected chi connectivity index (χ0v) is 13.5. The molecular formula is C17H24N2OS. The first-order chi connectivity index (χ1) is 10.4. The number of nitrogens with one attached hydrogen (secondary N) is 1. The second-order valence-electron chi connectivity index (χ2n) is 5.74. The molecule has 114 valence electrons. The standard InChI is InChI=1S/C17H24N2OS/c1-2-6-16-19-17-14(8-5-9-15(17)21-16)20-12-10-13-7-3-4-11-18-13/h5,8-9,13,18H,2-4,6-7,10-12H2,1H3. The van der Waals surface area contributed by atoms with Crippen LogP contribution in [0.5, 0.6) is 5.75 Å². The average molecular weight is 304 g/mol. The van der Waals surface area contributed by atoms with Gasteiger partial charge in [0.1, 0.15) is 11.3 Å². The molecule has 0 saturated carbocycles. The predicted molar refractivity (Wildman–Crippen MR) is 89.4 cm³/mol. The molecule has 21 heavy (non-hydrogen) atoms. The summed E-state index contributed by atoms with van der Waals surface area (Å²) >= 11 is 1.79. The molecule has 1 atom stereocenters. The Morgan fingerprint density at radius 3 is 3.14 bits per heavy atom. The topological polar surface area (TPSA) is 34.1 Å². The third kappa shape index (κ3) is 3.74. The van der Waals surface area contributed by atoms with E-state index >= 15 is 0 Å². The Bertz CT molecular complexity index is 575. The highest BCUT2D eigenvalue weighted by atomic mass is 32.1. The Morgan fingerprint density at radius 2 is 2.33 bits per heavy atom. The molecule has 3 nitrogen and oxygen atoms in total. The van der Waals surface area contributed by atoms with Gasteiger partial charge in [-0.05, 0) is 50.8 Å². The number of nitrogens with zero attached hydrogens (tertiary/aromatic N) is 1. The molecule has 0 radical (unpaired) electrons. The summed E-state index contributed by atoms with van der Waals surface area (Å²) in [6, 6.07) is 6.89. The van der Waals surface area contributed by atoms with E-state index in [2.05, 4.69) is 24.4 Å². The maximum Gasteiger partial charge on any atom is 0.146 e. The minimum atomic E-state index is 0.629. The molecule has 1 aromatic heterocycles. The SMILES string of the molecule is CCCc1nc2c(OCCC3CCCCN3)cccc2s1. The summed E-state index contributed by atoms with van der Waals surface area (Å²) < 4.78 is 7.26. The number of piperidine rings is 1. The normalized spacial score (nSPS) is 19.0. The van der Waals surface area contributed by atoms with Crippen molar-refractivity contribution in [2.75, 3.05) is 13.2 Å². The lowest BCUT2D eigenvalue weighted by molar-refractivity contribution is 0.270. The Kier molecular flexibility index (Phi) is 5.09. The molecule has 0 aliphatic carbocycles. The van der Waals surface area contributed by atoms with Crippen LogP contribution in [0.2, 0.25) is 0 Å². The van der Waals surface area contributed by atoms with Crippen LogP contribution in [-0.2, 0) is 6.42 Å². The molecule has 1 saturated heterocycles. The van der Waals surface area contributed by atoms with Crippen LogP contribution >= 0.6 is 11.3 Å². The zero-order chi connectivity index (χ0) is 14.5. The molecule has 3 rings (SSSR count). The van der Waals surface area contributed by atoms with E-state index in [9.17, 15) is 0 Å². The molecule has 1 N–H and O–H groups in total. The summed E-state index contributed by atoms with van der Waals surface area (Å²) in [6.45, 7) is 4.13. The summed E-state index contributed by atoms with van der Waals surface area (Å²) in [7, 11) is 0. The number of hydrogen-bond donors (Lipinski definition) is 1. The Morgan fingerprint density at radius 1 is 1.38 bits per heavy atom. The summed E-state index contributed by atoms with van der Waals surface area (Å²) in [6.07, 6.45) is 7.23. The monoisotopic (exact) mass is 304 g/mol. The van der Waals surface area contributed by atoms with E-state index in [-0.39, 0.29) is 0 Å². The van der Waals surface area contributed by atoms with Gasteiger partial charge in [-0.15, -0.1) is 11.3 Å². The van der Waals surface area contributed by atoms with Gasteiger partial charge in [0.15, 0.2) is 0 Å². The highest BCUT2D eigenvalue weighted by molar-refractivity contribution is 7.18. The maximum absolute atomic E-state index is 6.02. The highest BCUT2D eigenvalue weighted by Gasteiger charge is 2.13. The number of ether oxygens (including phenoxy) is 1. The van der Waals surface area contributed by atoms with Crippen molar-refractivity contribution in [2.45, 2.75) is 51.5 Å². The van der Waals surface area contributed by atoms with Crippen LogP contribution in [-0.4, -0.2) is 24.2 Å². The summed E-state index contributed by atoms with van der Waals surface area (Å²) in [4.78, 5) is 4.75. The number of aryl methyl sites for hydroxylation is 1. The molecule has 4 heteroatoms.